The van der Waals surface area contributed by atoms with Crippen molar-refractivity contribution in [2.75, 3.05) is 29.4 Å². The maximum Gasteiger partial charge on any atom is 0.0453 e. The molecule has 0 N–H and O–H groups in total. The number of aryl methyl sites for hydroxylation is 1. The van der Waals surface area contributed by atoms with E-state index in [0.717, 1.165) is 26.1 Å². The van der Waals surface area contributed by atoms with Gasteiger partial charge < -0.3 is 9.80 Å². The minimum atomic E-state index is 0.0160. The number of para-hydroxylation sites is 1. The van der Waals surface area contributed by atoms with Crippen LogP contribution >= 0.6 is 0 Å². The van der Waals surface area contributed by atoms with Crippen molar-refractivity contribution < 1.29 is 0 Å². The number of allylic oxidation sites excluding steroid dienone is 8. The van der Waals surface area contributed by atoms with E-state index in [2.05, 4.69) is 146 Å². The SMILES string of the molecule is C=C/C=C\C=C/CN1CC2(C=CC=CC2)c2cc(C3=CC4(CCC3C)CN(c3cccc(C)c3)c3ccccc34)ccc21. The zero-order chi connectivity index (χ0) is 29.4. The van der Waals surface area contributed by atoms with Crippen LogP contribution in [0, 0.1) is 12.8 Å². The highest BCUT2D eigenvalue weighted by Gasteiger charge is 2.45. The molecule has 4 aliphatic rings. The lowest BCUT2D eigenvalue weighted by Gasteiger charge is -2.36. The topological polar surface area (TPSA) is 6.48 Å². The normalized spacial score (nSPS) is 25.7. The van der Waals surface area contributed by atoms with E-state index in [-0.39, 0.29) is 10.8 Å². The largest absolute Gasteiger partial charge is 0.366 e. The molecule has 43 heavy (non-hydrogen) atoms. The predicted octanol–water partition coefficient (Wildman–Crippen LogP) is 9.77. The Morgan fingerprint density at radius 3 is 2.63 bits per heavy atom. The van der Waals surface area contributed by atoms with Crippen LogP contribution in [-0.2, 0) is 10.8 Å². The van der Waals surface area contributed by atoms with Gasteiger partial charge in [0.15, 0.2) is 0 Å². The van der Waals surface area contributed by atoms with Gasteiger partial charge in [0.25, 0.3) is 0 Å². The molecule has 3 atom stereocenters. The highest BCUT2D eigenvalue weighted by Crippen LogP contribution is 2.53. The number of benzene rings is 3. The third-order valence-corrected chi connectivity index (χ3v) is 10.1. The second-order valence-corrected chi connectivity index (χ2v) is 12.9. The second-order valence-electron chi connectivity index (χ2n) is 12.9. The fourth-order valence-electron chi connectivity index (χ4n) is 7.91. The highest BCUT2D eigenvalue weighted by molar-refractivity contribution is 5.80. The number of hydrogen-bond donors (Lipinski definition) is 0. The molecule has 0 amide bonds. The fraction of sp³-hybridized carbons (Fsp3) is 0.268. The zero-order valence-corrected chi connectivity index (χ0v) is 25.5. The Hall–Kier alpha value is -4.30. The molecule has 0 bridgehead atoms. The van der Waals surface area contributed by atoms with E-state index in [0.29, 0.717) is 5.92 Å². The first-order valence-corrected chi connectivity index (χ1v) is 15.9. The van der Waals surface area contributed by atoms with E-state index < -0.39 is 0 Å². The van der Waals surface area contributed by atoms with Crippen molar-refractivity contribution in [1.29, 1.82) is 0 Å². The molecule has 3 aromatic rings. The summed E-state index contributed by atoms with van der Waals surface area (Å²) in [5.41, 5.74) is 11.2. The van der Waals surface area contributed by atoms with Gasteiger partial charge in [-0.05, 0) is 90.3 Å². The zero-order valence-electron chi connectivity index (χ0n) is 25.5. The van der Waals surface area contributed by atoms with Gasteiger partial charge in [0.1, 0.15) is 0 Å². The summed E-state index contributed by atoms with van der Waals surface area (Å²) in [6, 6.07) is 25.4. The summed E-state index contributed by atoms with van der Waals surface area (Å²) in [7, 11) is 0. The molecule has 7 rings (SSSR count). The number of hydrogen-bond acceptors (Lipinski definition) is 2. The van der Waals surface area contributed by atoms with E-state index in [1.54, 1.807) is 0 Å². The van der Waals surface area contributed by atoms with E-state index in [9.17, 15) is 0 Å². The van der Waals surface area contributed by atoms with E-state index in [1.807, 2.05) is 12.2 Å². The fourth-order valence-corrected chi connectivity index (χ4v) is 7.91. The first-order valence-electron chi connectivity index (χ1n) is 15.9. The number of anilines is 3. The molecular weight excluding hydrogens is 520 g/mol. The summed E-state index contributed by atoms with van der Waals surface area (Å²) in [5.74, 6) is 0.527. The van der Waals surface area contributed by atoms with Crippen LogP contribution in [0.1, 0.15) is 48.4 Å². The van der Waals surface area contributed by atoms with Gasteiger partial charge in [0.2, 0.25) is 0 Å². The number of nitrogens with zero attached hydrogens (tertiary/aromatic N) is 2. The van der Waals surface area contributed by atoms with Crippen LogP contribution in [0.4, 0.5) is 17.1 Å². The molecular formula is C41H42N2. The lowest BCUT2D eigenvalue weighted by Crippen LogP contribution is -2.33. The van der Waals surface area contributed by atoms with Crippen molar-refractivity contribution >= 4 is 22.6 Å². The van der Waals surface area contributed by atoms with Crippen LogP contribution in [0.2, 0.25) is 0 Å². The average molecular weight is 563 g/mol. The van der Waals surface area contributed by atoms with Crippen LogP contribution in [0.25, 0.3) is 5.57 Å². The Morgan fingerprint density at radius 2 is 1.79 bits per heavy atom. The van der Waals surface area contributed by atoms with Gasteiger partial charge in [-0.1, -0.05) is 111 Å². The Kier molecular flexibility index (Phi) is 7.09. The number of fused-ring (bicyclic) bond motifs is 4. The molecule has 0 saturated carbocycles. The minimum Gasteiger partial charge on any atom is -0.366 e. The van der Waals surface area contributed by atoms with Gasteiger partial charge in [0, 0.05) is 47.5 Å². The molecule has 0 saturated heterocycles. The predicted molar refractivity (Wildman–Crippen MR) is 184 cm³/mol. The van der Waals surface area contributed by atoms with Gasteiger partial charge in [-0.3, -0.25) is 0 Å². The molecule has 2 spiro atoms. The number of rotatable bonds is 6. The maximum atomic E-state index is 3.78. The third-order valence-electron chi connectivity index (χ3n) is 10.1. The van der Waals surface area contributed by atoms with Gasteiger partial charge in [0.05, 0.1) is 0 Å². The van der Waals surface area contributed by atoms with Crippen LogP contribution in [-0.4, -0.2) is 19.6 Å². The van der Waals surface area contributed by atoms with Crippen LogP contribution in [0.5, 0.6) is 0 Å². The summed E-state index contributed by atoms with van der Waals surface area (Å²) in [6.45, 7) is 11.3. The van der Waals surface area contributed by atoms with E-state index >= 15 is 0 Å². The van der Waals surface area contributed by atoms with Crippen LogP contribution < -0.4 is 9.80 Å². The maximum absolute atomic E-state index is 3.78. The van der Waals surface area contributed by atoms with Crippen LogP contribution in [0.3, 0.4) is 0 Å². The molecule has 3 aromatic carbocycles. The molecule has 0 aromatic heterocycles. The molecule has 0 fully saturated rings. The van der Waals surface area contributed by atoms with Gasteiger partial charge in [-0.2, -0.15) is 0 Å². The van der Waals surface area contributed by atoms with Crippen molar-refractivity contribution in [1.82, 2.24) is 0 Å². The van der Waals surface area contributed by atoms with Gasteiger partial charge in [-0.25, -0.2) is 0 Å². The second kappa shape index (κ2) is 11.1. The molecule has 2 aliphatic heterocycles. The van der Waals surface area contributed by atoms with Crippen LogP contribution in [0.15, 0.2) is 134 Å². The summed E-state index contributed by atoms with van der Waals surface area (Å²) in [6.07, 6.45) is 25.6. The summed E-state index contributed by atoms with van der Waals surface area (Å²) < 4.78 is 0. The molecule has 0 radical (unpaired) electrons. The molecule has 2 heterocycles. The monoisotopic (exact) mass is 562 g/mol. The minimum absolute atomic E-state index is 0.0160. The summed E-state index contributed by atoms with van der Waals surface area (Å²) in [5, 5.41) is 0. The Balaban J connectivity index is 1.28. The lowest BCUT2D eigenvalue weighted by atomic mass is 9.68. The average Bonchev–Trinajstić information content (AvgIpc) is 3.51. The summed E-state index contributed by atoms with van der Waals surface area (Å²) >= 11 is 0. The van der Waals surface area contributed by atoms with Crippen molar-refractivity contribution in [2.24, 2.45) is 5.92 Å². The van der Waals surface area contributed by atoms with E-state index in [1.165, 1.54) is 57.7 Å². The first-order chi connectivity index (χ1) is 21.0. The highest BCUT2D eigenvalue weighted by atomic mass is 15.2. The molecule has 3 unspecified atom stereocenters. The Morgan fingerprint density at radius 1 is 0.884 bits per heavy atom. The molecule has 2 heteroatoms. The molecule has 216 valence electrons. The standard InChI is InChI=1S/C41H42N2/c1-4-5-6-7-13-25-42-29-40(22-11-8-12-23-40)37-27-33(19-20-38(37)42)35-28-41(24-21-32(35)3)30-43(34-16-14-15-31(2)26-34)39-18-10-9-17-36(39)41/h4-20,22,26-28,32H,1,21,23-25,29-30H2,2-3H3/b6-5-,13-7-. The summed E-state index contributed by atoms with van der Waals surface area (Å²) in [4.78, 5) is 5.10. The van der Waals surface area contributed by atoms with E-state index in [4.69, 9.17) is 0 Å². The van der Waals surface area contributed by atoms with Crippen molar-refractivity contribution in [3.63, 3.8) is 0 Å². The lowest BCUT2D eigenvalue weighted by molar-refractivity contribution is 0.444. The van der Waals surface area contributed by atoms with Gasteiger partial charge in [-0.15, -0.1) is 0 Å². The first kappa shape index (κ1) is 27.5. The Labute approximate surface area is 257 Å². The van der Waals surface area contributed by atoms with Gasteiger partial charge >= 0.3 is 0 Å². The smallest absolute Gasteiger partial charge is 0.0453 e. The van der Waals surface area contributed by atoms with Crippen molar-refractivity contribution in [3.05, 3.63) is 156 Å². The van der Waals surface area contributed by atoms with Crippen molar-refractivity contribution in [2.45, 2.75) is 43.9 Å². The Bertz CT molecular complexity index is 1700. The quantitative estimate of drug-likeness (QED) is 0.276. The third kappa shape index (κ3) is 4.83. The molecule has 2 aliphatic carbocycles. The van der Waals surface area contributed by atoms with Crippen molar-refractivity contribution in [3.8, 4) is 0 Å². The molecule has 2 nitrogen and oxygen atoms in total.